The second-order valence-electron chi connectivity index (χ2n) is 6.38. The molecule has 3 amide bonds. The van der Waals surface area contributed by atoms with Gasteiger partial charge in [-0.3, -0.25) is 10.1 Å². The number of anilines is 1. The van der Waals surface area contributed by atoms with E-state index in [1.54, 1.807) is 19.1 Å². The van der Waals surface area contributed by atoms with E-state index in [1.807, 2.05) is 19.9 Å². The summed E-state index contributed by atoms with van der Waals surface area (Å²) in [6.45, 7) is 5.04. The molecule has 2 aromatic rings. The third kappa shape index (κ3) is 5.71. The largest absolute Gasteiger partial charge is 0.496 e. The quantitative estimate of drug-likeness (QED) is 0.722. The number of aryl methyl sites for hydroxylation is 2. The first-order chi connectivity index (χ1) is 13.7. The van der Waals surface area contributed by atoms with Crippen molar-refractivity contribution in [2.24, 2.45) is 0 Å². The van der Waals surface area contributed by atoms with Gasteiger partial charge >= 0.3 is 12.0 Å². The van der Waals surface area contributed by atoms with Crippen LogP contribution in [-0.4, -0.2) is 38.7 Å². The maximum absolute atomic E-state index is 12.2. The number of urea groups is 1. The molecular weight excluding hydrogens is 376 g/mol. The molecule has 29 heavy (non-hydrogen) atoms. The Morgan fingerprint density at radius 1 is 0.897 bits per heavy atom. The summed E-state index contributed by atoms with van der Waals surface area (Å²) in [4.78, 5) is 36.1. The van der Waals surface area contributed by atoms with E-state index in [-0.39, 0.29) is 5.56 Å². The molecule has 8 heteroatoms. The minimum absolute atomic E-state index is 0.164. The van der Waals surface area contributed by atoms with E-state index in [0.717, 1.165) is 16.7 Å². The first-order valence-electron chi connectivity index (χ1n) is 8.83. The van der Waals surface area contributed by atoms with E-state index in [1.165, 1.54) is 26.4 Å². The molecule has 8 nitrogen and oxygen atoms in total. The van der Waals surface area contributed by atoms with Gasteiger partial charge < -0.3 is 19.5 Å². The molecule has 2 rings (SSSR count). The Morgan fingerprint density at radius 2 is 1.52 bits per heavy atom. The number of carbonyl (C=O) groups is 3. The van der Waals surface area contributed by atoms with Crippen molar-refractivity contribution in [2.75, 3.05) is 26.1 Å². The summed E-state index contributed by atoms with van der Waals surface area (Å²) >= 11 is 0. The number of benzene rings is 2. The second kappa shape index (κ2) is 9.59. The number of hydrogen-bond acceptors (Lipinski definition) is 6. The van der Waals surface area contributed by atoms with Gasteiger partial charge in [0.05, 0.1) is 19.8 Å². The number of imide groups is 1. The average molecular weight is 400 g/mol. The number of methoxy groups -OCH3 is 2. The van der Waals surface area contributed by atoms with Gasteiger partial charge in [-0.05, 0) is 56.2 Å². The fraction of sp³-hybridized carbons (Fsp3) is 0.286. The monoisotopic (exact) mass is 400 g/mol. The molecule has 0 spiro atoms. The standard InChI is InChI=1S/C21H24N2O6/c1-12-6-7-16(8-13(12)2)22-21(26)23-19(24)11-29-20(25)15-9-17(27-4)14(3)18(10-15)28-5/h6-10H,11H2,1-5H3,(H2,22,23,24,26). The van der Waals surface area contributed by atoms with Crippen LogP contribution in [0.1, 0.15) is 27.0 Å². The molecule has 0 fully saturated rings. The van der Waals surface area contributed by atoms with Crippen molar-refractivity contribution >= 4 is 23.6 Å². The van der Waals surface area contributed by atoms with Gasteiger partial charge in [-0.15, -0.1) is 0 Å². The smallest absolute Gasteiger partial charge is 0.338 e. The highest BCUT2D eigenvalue weighted by Crippen LogP contribution is 2.29. The summed E-state index contributed by atoms with van der Waals surface area (Å²) in [5.74, 6) is -0.598. The maximum atomic E-state index is 12.2. The summed E-state index contributed by atoms with van der Waals surface area (Å²) < 4.78 is 15.4. The summed E-state index contributed by atoms with van der Waals surface area (Å²) in [6, 6.07) is 7.64. The molecule has 0 atom stereocenters. The van der Waals surface area contributed by atoms with Gasteiger partial charge in [-0.25, -0.2) is 9.59 Å². The third-order valence-corrected chi connectivity index (χ3v) is 4.34. The Hall–Kier alpha value is -3.55. The summed E-state index contributed by atoms with van der Waals surface area (Å²) in [7, 11) is 2.94. The van der Waals surface area contributed by atoms with Gasteiger partial charge in [0.1, 0.15) is 11.5 Å². The second-order valence-corrected chi connectivity index (χ2v) is 6.38. The number of carbonyl (C=O) groups excluding carboxylic acids is 3. The SMILES string of the molecule is COc1cc(C(=O)OCC(=O)NC(=O)Nc2ccc(C)c(C)c2)cc(OC)c1C. The minimum atomic E-state index is -0.759. The van der Waals surface area contributed by atoms with Crippen molar-refractivity contribution in [3.8, 4) is 11.5 Å². The number of nitrogens with one attached hydrogen (secondary N) is 2. The van der Waals surface area contributed by atoms with Crippen molar-refractivity contribution in [3.63, 3.8) is 0 Å². The molecule has 0 heterocycles. The first kappa shape index (κ1) is 21.7. The number of rotatable bonds is 6. The van der Waals surface area contributed by atoms with Crippen LogP contribution in [0.4, 0.5) is 10.5 Å². The number of hydrogen-bond donors (Lipinski definition) is 2. The van der Waals surface area contributed by atoms with E-state index in [4.69, 9.17) is 14.2 Å². The first-order valence-corrected chi connectivity index (χ1v) is 8.83. The highest BCUT2D eigenvalue weighted by atomic mass is 16.5. The van der Waals surface area contributed by atoms with E-state index in [2.05, 4.69) is 10.6 Å². The van der Waals surface area contributed by atoms with Crippen LogP contribution in [-0.2, 0) is 9.53 Å². The van der Waals surface area contributed by atoms with Crippen molar-refractivity contribution < 1.29 is 28.6 Å². The zero-order chi connectivity index (χ0) is 21.6. The normalized spacial score (nSPS) is 10.1. The Balaban J connectivity index is 1.92. The van der Waals surface area contributed by atoms with Crippen LogP contribution in [0.5, 0.6) is 11.5 Å². The van der Waals surface area contributed by atoms with E-state index < -0.39 is 24.5 Å². The predicted molar refractivity (Wildman–Crippen MR) is 108 cm³/mol. The molecule has 0 radical (unpaired) electrons. The lowest BCUT2D eigenvalue weighted by molar-refractivity contribution is -0.123. The molecule has 154 valence electrons. The van der Waals surface area contributed by atoms with Crippen LogP contribution < -0.4 is 20.1 Å². The average Bonchev–Trinajstić information content (AvgIpc) is 2.69. The molecular formula is C21H24N2O6. The fourth-order valence-electron chi connectivity index (χ4n) is 2.56. The molecule has 2 N–H and O–H groups in total. The van der Waals surface area contributed by atoms with Crippen molar-refractivity contribution in [1.29, 1.82) is 0 Å². The molecule has 2 aromatic carbocycles. The lowest BCUT2D eigenvalue weighted by atomic mass is 10.1. The van der Waals surface area contributed by atoms with Gasteiger partial charge in [-0.1, -0.05) is 6.07 Å². The fourth-order valence-corrected chi connectivity index (χ4v) is 2.56. The Labute approximate surface area is 169 Å². The molecule has 0 aromatic heterocycles. The van der Waals surface area contributed by atoms with Crippen LogP contribution in [0.3, 0.4) is 0 Å². The van der Waals surface area contributed by atoms with Gasteiger partial charge in [-0.2, -0.15) is 0 Å². The lowest BCUT2D eigenvalue weighted by Crippen LogP contribution is -2.37. The molecule has 0 aliphatic carbocycles. The number of ether oxygens (including phenoxy) is 3. The van der Waals surface area contributed by atoms with Crippen LogP contribution in [0.25, 0.3) is 0 Å². The molecule has 0 saturated heterocycles. The van der Waals surface area contributed by atoms with Gasteiger partial charge in [0.25, 0.3) is 5.91 Å². The number of amides is 3. The van der Waals surface area contributed by atoms with Crippen LogP contribution in [0, 0.1) is 20.8 Å². The van der Waals surface area contributed by atoms with Crippen molar-refractivity contribution in [3.05, 3.63) is 52.6 Å². The molecule has 0 aliphatic heterocycles. The zero-order valence-corrected chi connectivity index (χ0v) is 17.0. The van der Waals surface area contributed by atoms with Gasteiger partial charge in [0, 0.05) is 11.3 Å². The summed E-state index contributed by atoms with van der Waals surface area (Å²) in [5, 5.41) is 4.66. The van der Waals surface area contributed by atoms with E-state index >= 15 is 0 Å². The Bertz CT molecular complexity index is 914. The Morgan fingerprint density at radius 3 is 2.07 bits per heavy atom. The minimum Gasteiger partial charge on any atom is -0.496 e. The molecule has 0 bridgehead atoms. The highest BCUT2D eigenvalue weighted by Gasteiger charge is 2.17. The molecule has 0 unspecified atom stereocenters. The van der Waals surface area contributed by atoms with E-state index in [9.17, 15) is 14.4 Å². The van der Waals surface area contributed by atoms with Gasteiger partial charge in [0.15, 0.2) is 6.61 Å². The molecule has 0 saturated carbocycles. The van der Waals surface area contributed by atoms with Crippen LogP contribution in [0.15, 0.2) is 30.3 Å². The third-order valence-electron chi connectivity index (χ3n) is 4.34. The number of esters is 1. The summed E-state index contributed by atoms with van der Waals surface area (Å²) in [5.41, 5.74) is 3.54. The van der Waals surface area contributed by atoms with Crippen LogP contribution in [0.2, 0.25) is 0 Å². The van der Waals surface area contributed by atoms with E-state index in [0.29, 0.717) is 17.2 Å². The lowest BCUT2D eigenvalue weighted by Gasteiger charge is -2.12. The zero-order valence-electron chi connectivity index (χ0n) is 17.0. The van der Waals surface area contributed by atoms with Crippen molar-refractivity contribution in [2.45, 2.75) is 20.8 Å². The predicted octanol–water partition coefficient (Wildman–Crippen LogP) is 3.13. The maximum Gasteiger partial charge on any atom is 0.338 e. The molecule has 0 aliphatic rings. The van der Waals surface area contributed by atoms with Gasteiger partial charge in [0.2, 0.25) is 0 Å². The Kier molecular flexibility index (Phi) is 7.19. The topological polar surface area (TPSA) is 103 Å². The van der Waals surface area contributed by atoms with Crippen LogP contribution >= 0.6 is 0 Å². The van der Waals surface area contributed by atoms with Crippen molar-refractivity contribution in [1.82, 2.24) is 5.32 Å². The highest BCUT2D eigenvalue weighted by molar-refractivity contribution is 6.02. The summed E-state index contributed by atoms with van der Waals surface area (Å²) in [6.07, 6.45) is 0.